The number of nitrogen functional groups attached to an aromatic ring is 1. The molecular formula is C14H16N2O3. The van der Waals surface area contributed by atoms with E-state index < -0.39 is 0 Å². The molecule has 1 heterocycles. The van der Waals surface area contributed by atoms with E-state index in [-0.39, 0.29) is 11.9 Å². The van der Waals surface area contributed by atoms with Gasteiger partial charge in [-0.15, -0.1) is 0 Å². The number of carbonyl (C=O) groups excluding carboxylic acids is 1. The summed E-state index contributed by atoms with van der Waals surface area (Å²) in [4.78, 5) is 16.0. The molecule has 1 aromatic heterocycles. The lowest BCUT2D eigenvalue weighted by molar-refractivity contribution is -0.141. The molecule has 100 valence electrons. The molecule has 2 N–H and O–H groups in total. The summed E-state index contributed by atoms with van der Waals surface area (Å²) in [6.07, 6.45) is 0. The van der Waals surface area contributed by atoms with Crippen LogP contribution in [0.3, 0.4) is 0 Å². The standard InChI is InChI=1S/C14H16N2O3/c1-8(14(17)19-3)9-4-6-11(15)13-10(9)5-7-12(16-13)18-2/h4-8H,15H2,1-3H3. The number of hydrogen-bond donors (Lipinski definition) is 1. The molecular weight excluding hydrogens is 244 g/mol. The molecule has 0 aliphatic rings. The lowest BCUT2D eigenvalue weighted by Gasteiger charge is -2.14. The average Bonchev–Trinajstić information content (AvgIpc) is 2.46. The Morgan fingerprint density at radius 1 is 1.26 bits per heavy atom. The molecule has 1 atom stereocenters. The predicted octanol–water partition coefficient (Wildman–Crippen LogP) is 2.10. The van der Waals surface area contributed by atoms with E-state index >= 15 is 0 Å². The SMILES string of the molecule is COC(=O)C(C)c1ccc(N)c2nc(OC)ccc12. The quantitative estimate of drug-likeness (QED) is 0.675. The fraction of sp³-hybridized carbons (Fsp3) is 0.286. The molecule has 0 radical (unpaired) electrons. The topological polar surface area (TPSA) is 74.4 Å². The van der Waals surface area contributed by atoms with E-state index in [1.54, 1.807) is 26.2 Å². The van der Waals surface area contributed by atoms with Gasteiger partial charge in [-0.25, -0.2) is 4.98 Å². The van der Waals surface area contributed by atoms with Crippen molar-refractivity contribution in [1.29, 1.82) is 0 Å². The number of rotatable bonds is 3. The van der Waals surface area contributed by atoms with Gasteiger partial charge >= 0.3 is 5.97 Å². The maximum absolute atomic E-state index is 11.7. The van der Waals surface area contributed by atoms with Crippen LogP contribution >= 0.6 is 0 Å². The third-order valence-corrected chi connectivity index (χ3v) is 3.13. The normalized spacial score (nSPS) is 12.2. The molecule has 0 fully saturated rings. The first-order valence-electron chi connectivity index (χ1n) is 5.89. The summed E-state index contributed by atoms with van der Waals surface area (Å²) in [5.41, 5.74) is 7.94. The molecule has 1 aromatic carbocycles. The Labute approximate surface area is 111 Å². The number of pyridine rings is 1. The van der Waals surface area contributed by atoms with Crippen molar-refractivity contribution in [2.24, 2.45) is 0 Å². The number of ether oxygens (including phenoxy) is 2. The summed E-state index contributed by atoms with van der Waals surface area (Å²) in [6.45, 7) is 1.79. The fourth-order valence-corrected chi connectivity index (χ4v) is 2.04. The van der Waals surface area contributed by atoms with Gasteiger partial charge in [0.05, 0.1) is 31.3 Å². The minimum absolute atomic E-state index is 0.290. The van der Waals surface area contributed by atoms with Crippen molar-refractivity contribution >= 4 is 22.6 Å². The molecule has 19 heavy (non-hydrogen) atoms. The van der Waals surface area contributed by atoms with Crippen LogP contribution < -0.4 is 10.5 Å². The minimum Gasteiger partial charge on any atom is -0.481 e. The monoisotopic (exact) mass is 260 g/mol. The van der Waals surface area contributed by atoms with Crippen LogP contribution in [0.2, 0.25) is 0 Å². The maximum atomic E-state index is 11.7. The van der Waals surface area contributed by atoms with Crippen molar-refractivity contribution in [3.05, 3.63) is 29.8 Å². The van der Waals surface area contributed by atoms with Crippen molar-refractivity contribution in [3.8, 4) is 5.88 Å². The number of fused-ring (bicyclic) bond motifs is 1. The zero-order chi connectivity index (χ0) is 14.0. The predicted molar refractivity (Wildman–Crippen MR) is 73.1 cm³/mol. The van der Waals surface area contributed by atoms with Gasteiger partial charge in [0.15, 0.2) is 0 Å². The summed E-state index contributed by atoms with van der Waals surface area (Å²) in [7, 11) is 2.92. The van der Waals surface area contributed by atoms with E-state index in [1.165, 1.54) is 7.11 Å². The van der Waals surface area contributed by atoms with E-state index in [2.05, 4.69) is 4.98 Å². The molecule has 5 heteroatoms. The summed E-state index contributed by atoms with van der Waals surface area (Å²) >= 11 is 0. The Bertz CT molecular complexity index is 625. The number of nitrogens with zero attached hydrogens (tertiary/aromatic N) is 1. The van der Waals surface area contributed by atoms with Crippen LogP contribution in [0, 0.1) is 0 Å². The number of nitrogens with two attached hydrogens (primary N) is 1. The fourth-order valence-electron chi connectivity index (χ4n) is 2.04. The van der Waals surface area contributed by atoms with Crippen LogP contribution in [0.4, 0.5) is 5.69 Å². The van der Waals surface area contributed by atoms with Crippen molar-refractivity contribution in [1.82, 2.24) is 4.98 Å². The summed E-state index contributed by atoms with van der Waals surface area (Å²) in [5, 5.41) is 0.832. The second-order valence-electron chi connectivity index (χ2n) is 4.24. The zero-order valence-electron chi connectivity index (χ0n) is 11.1. The first kappa shape index (κ1) is 13.1. The molecule has 1 unspecified atom stereocenters. The number of benzene rings is 1. The molecule has 0 saturated carbocycles. The van der Waals surface area contributed by atoms with Gasteiger partial charge in [-0.1, -0.05) is 6.07 Å². The molecule has 5 nitrogen and oxygen atoms in total. The third-order valence-electron chi connectivity index (χ3n) is 3.13. The van der Waals surface area contributed by atoms with Crippen molar-refractivity contribution in [2.45, 2.75) is 12.8 Å². The van der Waals surface area contributed by atoms with Crippen LogP contribution in [0.5, 0.6) is 5.88 Å². The van der Waals surface area contributed by atoms with Gasteiger partial charge in [0, 0.05) is 11.5 Å². The highest BCUT2D eigenvalue weighted by atomic mass is 16.5. The van der Waals surface area contributed by atoms with Gasteiger partial charge < -0.3 is 15.2 Å². The van der Waals surface area contributed by atoms with Crippen LogP contribution in [-0.2, 0) is 9.53 Å². The van der Waals surface area contributed by atoms with E-state index in [1.807, 2.05) is 12.1 Å². The number of anilines is 1. The Kier molecular flexibility index (Phi) is 3.55. The van der Waals surface area contributed by atoms with Crippen LogP contribution in [0.15, 0.2) is 24.3 Å². The molecule has 0 saturated heterocycles. The molecule has 2 rings (SSSR count). The molecule has 0 aliphatic carbocycles. The summed E-state index contributed by atoms with van der Waals surface area (Å²) < 4.78 is 9.86. The lowest BCUT2D eigenvalue weighted by atomic mass is 9.96. The summed E-state index contributed by atoms with van der Waals surface area (Å²) in [6, 6.07) is 7.17. The highest BCUT2D eigenvalue weighted by Gasteiger charge is 2.19. The highest BCUT2D eigenvalue weighted by Crippen LogP contribution is 2.30. The van der Waals surface area contributed by atoms with Crippen molar-refractivity contribution in [3.63, 3.8) is 0 Å². The van der Waals surface area contributed by atoms with Gasteiger partial charge in [0.1, 0.15) is 0 Å². The van der Waals surface area contributed by atoms with E-state index in [0.29, 0.717) is 17.1 Å². The van der Waals surface area contributed by atoms with Crippen molar-refractivity contribution < 1.29 is 14.3 Å². The Balaban J connectivity index is 2.64. The van der Waals surface area contributed by atoms with Crippen LogP contribution in [-0.4, -0.2) is 25.2 Å². The smallest absolute Gasteiger partial charge is 0.312 e. The number of hydrogen-bond acceptors (Lipinski definition) is 5. The minimum atomic E-state index is -0.372. The zero-order valence-corrected chi connectivity index (χ0v) is 11.1. The number of carbonyl (C=O) groups is 1. The molecule has 0 bridgehead atoms. The van der Waals surface area contributed by atoms with E-state index in [9.17, 15) is 4.79 Å². The van der Waals surface area contributed by atoms with Gasteiger partial charge in [-0.2, -0.15) is 0 Å². The third kappa shape index (κ3) is 2.31. The van der Waals surface area contributed by atoms with E-state index in [4.69, 9.17) is 15.2 Å². The largest absolute Gasteiger partial charge is 0.481 e. The summed E-state index contributed by atoms with van der Waals surface area (Å²) in [5.74, 6) is -0.174. The van der Waals surface area contributed by atoms with Gasteiger partial charge in [-0.3, -0.25) is 4.79 Å². The van der Waals surface area contributed by atoms with Gasteiger partial charge in [0.25, 0.3) is 0 Å². The van der Waals surface area contributed by atoms with Gasteiger partial charge in [0.2, 0.25) is 5.88 Å². The van der Waals surface area contributed by atoms with Crippen molar-refractivity contribution in [2.75, 3.05) is 20.0 Å². The first-order chi connectivity index (χ1) is 9.08. The highest BCUT2D eigenvalue weighted by molar-refractivity contribution is 5.95. The molecule has 0 aliphatic heterocycles. The molecule has 0 spiro atoms. The van der Waals surface area contributed by atoms with Gasteiger partial charge in [-0.05, 0) is 24.6 Å². The first-order valence-corrected chi connectivity index (χ1v) is 5.89. The second kappa shape index (κ2) is 5.14. The number of esters is 1. The second-order valence-corrected chi connectivity index (χ2v) is 4.24. The Morgan fingerprint density at radius 3 is 2.63 bits per heavy atom. The molecule has 0 amide bonds. The van der Waals surface area contributed by atoms with Crippen LogP contribution in [0.1, 0.15) is 18.4 Å². The number of aromatic nitrogens is 1. The Morgan fingerprint density at radius 2 is 2.00 bits per heavy atom. The Hall–Kier alpha value is -2.30. The van der Waals surface area contributed by atoms with Crippen LogP contribution in [0.25, 0.3) is 10.9 Å². The average molecular weight is 260 g/mol. The lowest BCUT2D eigenvalue weighted by Crippen LogP contribution is -2.11. The van der Waals surface area contributed by atoms with E-state index in [0.717, 1.165) is 10.9 Å². The maximum Gasteiger partial charge on any atom is 0.312 e. The number of methoxy groups -OCH3 is 2. The molecule has 2 aromatic rings.